The summed E-state index contributed by atoms with van der Waals surface area (Å²) < 4.78 is 27.9. The van der Waals surface area contributed by atoms with Crippen molar-refractivity contribution in [1.82, 2.24) is 10.3 Å². The van der Waals surface area contributed by atoms with Gasteiger partial charge in [-0.1, -0.05) is 29.8 Å². The van der Waals surface area contributed by atoms with Crippen molar-refractivity contribution in [2.45, 2.75) is 24.3 Å². The molecule has 1 amide bonds. The lowest BCUT2D eigenvalue weighted by Crippen LogP contribution is -2.35. The summed E-state index contributed by atoms with van der Waals surface area (Å²) in [6, 6.07) is 20.8. The Bertz CT molecular complexity index is 1540. The summed E-state index contributed by atoms with van der Waals surface area (Å²) >= 11 is 6.05. The topological polar surface area (TPSA) is 91.4 Å². The minimum Gasteiger partial charge on any atom is -0.383 e. The normalized spacial score (nSPS) is 15.1. The molecule has 0 saturated carbocycles. The summed E-state index contributed by atoms with van der Waals surface area (Å²) in [4.78, 5) is 17.4. The number of pyridine rings is 1. The van der Waals surface area contributed by atoms with Crippen LogP contribution in [-0.2, 0) is 16.4 Å². The zero-order valence-electron chi connectivity index (χ0n) is 19.6. The van der Waals surface area contributed by atoms with E-state index in [0.29, 0.717) is 35.8 Å². The van der Waals surface area contributed by atoms with Gasteiger partial charge >= 0.3 is 0 Å². The quantitative estimate of drug-likeness (QED) is 0.339. The number of carbonyl (C=O) groups excluding carboxylic acids is 1. The molecule has 1 aliphatic heterocycles. The average molecular weight is 521 g/mol. The zero-order chi connectivity index (χ0) is 25.3. The second kappa shape index (κ2) is 9.79. The van der Waals surface area contributed by atoms with E-state index in [0.717, 1.165) is 22.2 Å². The molecule has 0 bridgehead atoms. The smallest absolute Gasteiger partial charge is 0.264 e. The van der Waals surface area contributed by atoms with E-state index in [4.69, 9.17) is 11.6 Å². The summed E-state index contributed by atoms with van der Waals surface area (Å²) in [7, 11) is -3.68. The van der Waals surface area contributed by atoms with Crippen LogP contribution in [0, 0.1) is 0 Å². The number of sulfonamides is 1. The number of halogens is 1. The maximum atomic E-state index is 13.2. The summed E-state index contributed by atoms with van der Waals surface area (Å²) in [6.45, 7) is 2.82. The zero-order valence-corrected chi connectivity index (χ0v) is 21.2. The number of hydrogen-bond donors (Lipinski definition) is 2. The van der Waals surface area contributed by atoms with Gasteiger partial charge in [-0.2, -0.15) is 0 Å². The van der Waals surface area contributed by atoms with Crippen molar-refractivity contribution in [2.24, 2.45) is 0 Å². The van der Waals surface area contributed by atoms with Crippen LogP contribution in [0.5, 0.6) is 0 Å². The summed E-state index contributed by atoms with van der Waals surface area (Å²) in [5.41, 5.74) is 3.68. The van der Waals surface area contributed by atoms with Gasteiger partial charge in [0.15, 0.2) is 0 Å². The first-order valence-electron chi connectivity index (χ1n) is 11.6. The van der Waals surface area contributed by atoms with E-state index < -0.39 is 10.0 Å². The van der Waals surface area contributed by atoms with Crippen molar-refractivity contribution in [3.63, 3.8) is 0 Å². The fraction of sp³-hybridized carbons (Fsp3) is 0.185. The van der Waals surface area contributed by atoms with Gasteiger partial charge in [0.1, 0.15) is 0 Å². The van der Waals surface area contributed by atoms with Crippen LogP contribution >= 0.6 is 11.6 Å². The molecule has 184 valence electrons. The molecule has 36 heavy (non-hydrogen) atoms. The van der Waals surface area contributed by atoms with Gasteiger partial charge in [0.05, 0.1) is 16.1 Å². The second-order valence-electron chi connectivity index (χ2n) is 8.71. The van der Waals surface area contributed by atoms with Gasteiger partial charge in [-0.15, -0.1) is 0 Å². The van der Waals surface area contributed by atoms with Gasteiger partial charge in [0.25, 0.3) is 15.9 Å². The highest BCUT2D eigenvalue weighted by molar-refractivity contribution is 7.92. The van der Waals surface area contributed by atoms with Crippen LogP contribution in [0.15, 0.2) is 83.9 Å². The minimum absolute atomic E-state index is 0.206. The molecule has 0 saturated heterocycles. The molecule has 1 unspecified atom stereocenters. The lowest BCUT2D eigenvalue weighted by atomic mass is 10.1. The van der Waals surface area contributed by atoms with Gasteiger partial charge in [-0.25, -0.2) is 8.42 Å². The Morgan fingerprint density at radius 3 is 2.67 bits per heavy atom. The summed E-state index contributed by atoms with van der Waals surface area (Å²) in [5, 5.41) is 7.84. The van der Waals surface area contributed by atoms with Crippen LogP contribution in [0.25, 0.3) is 10.9 Å². The SMILES string of the molecule is CC1Cc2cc(C(=O)NCCNc3ccnc4cc(Cl)ccc34)ccc2N1S(=O)(=O)c1ccccc1. The Morgan fingerprint density at radius 1 is 1.06 bits per heavy atom. The first kappa shape index (κ1) is 24.1. The number of hydrogen-bond acceptors (Lipinski definition) is 5. The van der Waals surface area contributed by atoms with Gasteiger partial charge < -0.3 is 10.6 Å². The van der Waals surface area contributed by atoms with E-state index in [1.165, 1.54) is 4.31 Å². The van der Waals surface area contributed by atoms with Crippen molar-refractivity contribution in [2.75, 3.05) is 22.7 Å². The fourth-order valence-electron chi connectivity index (χ4n) is 4.57. The van der Waals surface area contributed by atoms with E-state index >= 15 is 0 Å². The number of fused-ring (bicyclic) bond motifs is 2. The molecular formula is C27H25ClN4O3S. The molecule has 2 N–H and O–H groups in total. The molecule has 1 aromatic heterocycles. The summed E-state index contributed by atoms with van der Waals surface area (Å²) in [6.07, 6.45) is 2.26. The molecule has 0 radical (unpaired) electrons. The lowest BCUT2D eigenvalue weighted by molar-refractivity contribution is 0.0955. The maximum Gasteiger partial charge on any atom is 0.264 e. The fourth-order valence-corrected chi connectivity index (χ4v) is 6.45. The molecular weight excluding hydrogens is 496 g/mol. The molecule has 0 spiro atoms. The lowest BCUT2D eigenvalue weighted by Gasteiger charge is -2.24. The van der Waals surface area contributed by atoms with Crippen LogP contribution in [0.2, 0.25) is 5.02 Å². The highest BCUT2D eigenvalue weighted by Crippen LogP contribution is 2.37. The number of rotatable bonds is 7. The largest absolute Gasteiger partial charge is 0.383 e. The monoisotopic (exact) mass is 520 g/mol. The Morgan fingerprint density at radius 2 is 1.86 bits per heavy atom. The number of nitrogens with one attached hydrogen (secondary N) is 2. The standard InChI is InChI=1S/C27H25ClN4O3S/c1-18-15-20-16-19(7-10-26(20)32(18)36(34,35)22-5-3-2-4-6-22)27(33)31-14-13-30-24-11-12-29-25-17-21(28)8-9-23(24)25/h2-12,16-18H,13-15H2,1H3,(H,29,30)(H,31,33). The van der Waals surface area contributed by atoms with E-state index in [-0.39, 0.29) is 16.8 Å². The number of benzene rings is 3. The third-order valence-electron chi connectivity index (χ3n) is 6.23. The van der Waals surface area contributed by atoms with E-state index in [1.54, 1.807) is 54.7 Å². The molecule has 0 fully saturated rings. The molecule has 9 heteroatoms. The van der Waals surface area contributed by atoms with Gasteiger partial charge in [0, 0.05) is 47.0 Å². The van der Waals surface area contributed by atoms with Gasteiger partial charge in [0.2, 0.25) is 0 Å². The molecule has 0 aliphatic carbocycles. The third kappa shape index (κ3) is 4.62. The Balaban J connectivity index is 1.24. The molecule has 3 aromatic carbocycles. The van der Waals surface area contributed by atoms with Crippen molar-refractivity contribution in [1.29, 1.82) is 0 Å². The van der Waals surface area contributed by atoms with Crippen LogP contribution < -0.4 is 14.9 Å². The number of anilines is 2. The van der Waals surface area contributed by atoms with E-state index in [1.807, 2.05) is 31.2 Å². The average Bonchev–Trinajstić information content (AvgIpc) is 3.22. The van der Waals surface area contributed by atoms with Crippen LogP contribution in [0.1, 0.15) is 22.8 Å². The highest BCUT2D eigenvalue weighted by Gasteiger charge is 2.36. The predicted molar refractivity (Wildman–Crippen MR) is 143 cm³/mol. The molecule has 1 atom stereocenters. The van der Waals surface area contributed by atoms with Crippen LogP contribution in [0.4, 0.5) is 11.4 Å². The maximum absolute atomic E-state index is 13.2. The Labute approximate surface area is 215 Å². The Kier molecular flexibility index (Phi) is 6.55. The molecule has 7 nitrogen and oxygen atoms in total. The molecule has 2 heterocycles. The third-order valence-corrected chi connectivity index (χ3v) is 8.40. The molecule has 5 rings (SSSR count). The first-order valence-corrected chi connectivity index (χ1v) is 13.4. The van der Waals surface area contributed by atoms with Gasteiger partial charge in [-0.3, -0.25) is 14.1 Å². The highest BCUT2D eigenvalue weighted by atomic mass is 35.5. The molecule has 4 aromatic rings. The van der Waals surface area contributed by atoms with Crippen LogP contribution in [-0.4, -0.2) is 38.4 Å². The van der Waals surface area contributed by atoms with Crippen molar-refractivity contribution in [3.8, 4) is 0 Å². The van der Waals surface area contributed by atoms with E-state index in [9.17, 15) is 13.2 Å². The number of aromatic nitrogens is 1. The summed E-state index contributed by atoms with van der Waals surface area (Å²) in [5.74, 6) is -0.206. The van der Waals surface area contributed by atoms with E-state index in [2.05, 4.69) is 15.6 Å². The molecule has 1 aliphatic rings. The van der Waals surface area contributed by atoms with Gasteiger partial charge in [-0.05, 0) is 73.5 Å². The number of carbonyl (C=O) groups is 1. The predicted octanol–water partition coefficient (Wildman–Crippen LogP) is 4.87. The van der Waals surface area contributed by atoms with Crippen molar-refractivity contribution < 1.29 is 13.2 Å². The van der Waals surface area contributed by atoms with Crippen molar-refractivity contribution >= 4 is 49.8 Å². The van der Waals surface area contributed by atoms with Crippen LogP contribution in [0.3, 0.4) is 0 Å². The number of amides is 1. The minimum atomic E-state index is -3.68. The number of nitrogens with zero attached hydrogens (tertiary/aromatic N) is 2. The second-order valence-corrected chi connectivity index (χ2v) is 11.0. The first-order chi connectivity index (χ1) is 17.3. The van der Waals surface area contributed by atoms with Crippen molar-refractivity contribution in [3.05, 3.63) is 95.1 Å². The Hall–Kier alpha value is -3.62.